The SMILES string of the molecule is CCNC(=NCCN(C)CC(F)(F)F)NC1CCN(Cc2ccsc2)CC1.I. The van der Waals surface area contributed by atoms with Crippen LogP contribution >= 0.6 is 35.3 Å². The molecule has 1 fully saturated rings. The number of hydrogen-bond acceptors (Lipinski definition) is 4. The van der Waals surface area contributed by atoms with Crippen LogP contribution in [0.25, 0.3) is 0 Å². The minimum atomic E-state index is -4.17. The first kappa shape index (κ1) is 25.4. The normalized spacial score (nSPS) is 16.9. The zero-order chi connectivity index (χ0) is 19.7. The van der Waals surface area contributed by atoms with Crippen LogP contribution < -0.4 is 10.6 Å². The molecule has 162 valence electrons. The van der Waals surface area contributed by atoms with Gasteiger partial charge in [-0.2, -0.15) is 24.5 Å². The molecule has 0 spiro atoms. The molecule has 0 aliphatic carbocycles. The minimum Gasteiger partial charge on any atom is -0.357 e. The van der Waals surface area contributed by atoms with Crippen molar-refractivity contribution in [3.63, 3.8) is 0 Å². The van der Waals surface area contributed by atoms with Gasteiger partial charge in [-0.05, 0) is 49.2 Å². The van der Waals surface area contributed by atoms with E-state index >= 15 is 0 Å². The van der Waals surface area contributed by atoms with E-state index in [4.69, 9.17) is 0 Å². The lowest BCUT2D eigenvalue weighted by Crippen LogP contribution is -2.48. The largest absolute Gasteiger partial charge is 0.401 e. The first-order valence-corrected chi connectivity index (χ1v) is 10.3. The lowest BCUT2D eigenvalue weighted by atomic mass is 10.0. The number of aliphatic imine (C=N–C) groups is 1. The number of halogens is 4. The van der Waals surface area contributed by atoms with E-state index in [1.54, 1.807) is 11.3 Å². The fourth-order valence-corrected chi connectivity index (χ4v) is 3.77. The first-order valence-electron chi connectivity index (χ1n) is 9.39. The molecular weight excluding hydrogens is 502 g/mol. The Kier molecular flexibility index (Phi) is 11.7. The molecule has 0 saturated carbocycles. The van der Waals surface area contributed by atoms with Crippen molar-refractivity contribution in [3.05, 3.63) is 22.4 Å². The average Bonchev–Trinajstić information content (AvgIpc) is 3.08. The van der Waals surface area contributed by atoms with Gasteiger partial charge in [0.1, 0.15) is 0 Å². The topological polar surface area (TPSA) is 42.9 Å². The number of likely N-dealkylation sites (N-methyl/N-ethyl adjacent to an activating group) is 1. The number of likely N-dealkylation sites (tertiary alicyclic amines) is 1. The summed E-state index contributed by atoms with van der Waals surface area (Å²) >= 11 is 1.73. The van der Waals surface area contributed by atoms with Crippen molar-refractivity contribution in [1.29, 1.82) is 0 Å². The van der Waals surface area contributed by atoms with Crippen molar-refractivity contribution < 1.29 is 13.2 Å². The Balaban J connectivity index is 0.00000392. The number of guanidine groups is 1. The number of nitrogens with one attached hydrogen (secondary N) is 2. The lowest BCUT2D eigenvalue weighted by molar-refractivity contribution is -0.142. The summed E-state index contributed by atoms with van der Waals surface area (Å²) in [7, 11) is 1.46. The standard InChI is InChI=1S/C18H30F3N5S.HI/c1-3-22-17(23-7-10-25(2)14-18(19,20)21)24-16-4-8-26(9-5-16)12-15-6-11-27-13-15;/h6,11,13,16H,3-5,7-10,12,14H2,1-2H3,(H2,22,23,24);1H. The Morgan fingerprint density at radius 1 is 1.36 bits per heavy atom. The van der Waals surface area contributed by atoms with E-state index in [9.17, 15) is 13.2 Å². The minimum absolute atomic E-state index is 0. The van der Waals surface area contributed by atoms with Gasteiger partial charge in [0.2, 0.25) is 0 Å². The molecule has 1 aliphatic rings. The zero-order valence-corrected chi connectivity index (χ0v) is 19.6. The summed E-state index contributed by atoms with van der Waals surface area (Å²) in [6.45, 7) is 5.46. The van der Waals surface area contributed by atoms with E-state index in [1.807, 2.05) is 6.92 Å². The van der Waals surface area contributed by atoms with Gasteiger partial charge in [0.05, 0.1) is 13.1 Å². The molecule has 2 heterocycles. The maximum Gasteiger partial charge on any atom is 0.401 e. The van der Waals surface area contributed by atoms with Crippen molar-refractivity contribution in [2.75, 3.05) is 46.3 Å². The third kappa shape index (κ3) is 10.3. The Morgan fingerprint density at radius 2 is 2.07 bits per heavy atom. The maximum absolute atomic E-state index is 12.4. The van der Waals surface area contributed by atoms with E-state index in [2.05, 4.69) is 37.4 Å². The summed E-state index contributed by atoms with van der Waals surface area (Å²) < 4.78 is 37.1. The highest BCUT2D eigenvalue weighted by Gasteiger charge is 2.28. The van der Waals surface area contributed by atoms with Gasteiger partial charge in [-0.15, -0.1) is 24.0 Å². The summed E-state index contributed by atoms with van der Waals surface area (Å²) in [4.78, 5) is 8.13. The third-order valence-electron chi connectivity index (χ3n) is 4.46. The van der Waals surface area contributed by atoms with Crippen LogP contribution in [0.1, 0.15) is 25.3 Å². The molecule has 1 aromatic heterocycles. The second kappa shape index (κ2) is 12.9. The number of piperidine rings is 1. The summed E-state index contributed by atoms with van der Waals surface area (Å²) in [6, 6.07) is 2.51. The van der Waals surface area contributed by atoms with Gasteiger partial charge in [0.15, 0.2) is 5.96 Å². The Hall–Kier alpha value is -0.590. The van der Waals surface area contributed by atoms with Crippen molar-refractivity contribution in [3.8, 4) is 0 Å². The van der Waals surface area contributed by atoms with Gasteiger partial charge in [-0.25, -0.2) is 0 Å². The highest BCUT2D eigenvalue weighted by Crippen LogP contribution is 2.16. The van der Waals surface area contributed by atoms with Crippen LogP contribution in [0.4, 0.5) is 13.2 Å². The quantitative estimate of drug-likeness (QED) is 0.306. The van der Waals surface area contributed by atoms with Crippen LogP contribution in [0.5, 0.6) is 0 Å². The van der Waals surface area contributed by atoms with Crippen molar-refractivity contribution in [2.24, 2.45) is 4.99 Å². The molecule has 0 radical (unpaired) electrons. The van der Waals surface area contributed by atoms with Crippen LogP contribution in [0.2, 0.25) is 0 Å². The van der Waals surface area contributed by atoms with Gasteiger partial charge in [-0.3, -0.25) is 14.8 Å². The fourth-order valence-electron chi connectivity index (χ4n) is 3.11. The van der Waals surface area contributed by atoms with Crippen LogP contribution in [0.15, 0.2) is 21.8 Å². The molecule has 10 heteroatoms. The third-order valence-corrected chi connectivity index (χ3v) is 5.19. The second-order valence-corrected chi connectivity index (χ2v) is 7.72. The zero-order valence-electron chi connectivity index (χ0n) is 16.5. The van der Waals surface area contributed by atoms with E-state index in [0.29, 0.717) is 18.5 Å². The van der Waals surface area contributed by atoms with Gasteiger partial charge in [0, 0.05) is 38.8 Å². The monoisotopic (exact) mass is 533 g/mol. The Bertz CT molecular complexity index is 560. The van der Waals surface area contributed by atoms with E-state index in [0.717, 1.165) is 39.0 Å². The summed E-state index contributed by atoms with van der Waals surface area (Å²) in [5.74, 6) is 0.689. The first-order chi connectivity index (χ1) is 12.9. The molecule has 2 N–H and O–H groups in total. The molecule has 0 bridgehead atoms. The highest BCUT2D eigenvalue weighted by atomic mass is 127. The van der Waals surface area contributed by atoms with Crippen molar-refractivity contribution in [1.82, 2.24) is 20.4 Å². The predicted octanol–water partition coefficient (Wildman–Crippen LogP) is 3.38. The van der Waals surface area contributed by atoms with Crippen LogP contribution in [-0.2, 0) is 6.54 Å². The predicted molar refractivity (Wildman–Crippen MR) is 121 cm³/mol. The van der Waals surface area contributed by atoms with Crippen LogP contribution in [-0.4, -0.2) is 74.3 Å². The van der Waals surface area contributed by atoms with Gasteiger partial charge in [0.25, 0.3) is 0 Å². The molecule has 0 aromatic carbocycles. The molecule has 1 saturated heterocycles. The summed E-state index contributed by atoms with van der Waals surface area (Å²) in [6.07, 6.45) is -2.11. The molecule has 1 aromatic rings. The molecule has 0 amide bonds. The smallest absolute Gasteiger partial charge is 0.357 e. The molecule has 2 rings (SSSR count). The van der Waals surface area contributed by atoms with Crippen molar-refractivity contribution in [2.45, 2.75) is 38.5 Å². The van der Waals surface area contributed by atoms with E-state index in [-0.39, 0.29) is 30.5 Å². The van der Waals surface area contributed by atoms with Gasteiger partial charge in [-0.1, -0.05) is 0 Å². The maximum atomic E-state index is 12.4. The number of alkyl halides is 3. The molecule has 0 atom stereocenters. The highest BCUT2D eigenvalue weighted by molar-refractivity contribution is 14.0. The summed E-state index contributed by atoms with van der Waals surface area (Å²) in [5, 5.41) is 10.9. The van der Waals surface area contributed by atoms with Gasteiger partial charge < -0.3 is 10.6 Å². The number of nitrogens with zero attached hydrogens (tertiary/aromatic N) is 3. The molecule has 5 nitrogen and oxygen atoms in total. The van der Waals surface area contributed by atoms with Crippen LogP contribution in [0.3, 0.4) is 0 Å². The summed E-state index contributed by atoms with van der Waals surface area (Å²) in [5.41, 5.74) is 1.37. The lowest BCUT2D eigenvalue weighted by Gasteiger charge is -2.33. The molecule has 0 unspecified atom stereocenters. The number of rotatable bonds is 8. The number of thiophene rings is 1. The average molecular weight is 533 g/mol. The number of hydrogen-bond donors (Lipinski definition) is 2. The van der Waals surface area contributed by atoms with Crippen LogP contribution in [0, 0.1) is 0 Å². The molecule has 28 heavy (non-hydrogen) atoms. The van der Waals surface area contributed by atoms with Gasteiger partial charge >= 0.3 is 6.18 Å². The van der Waals surface area contributed by atoms with E-state index < -0.39 is 12.7 Å². The second-order valence-electron chi connectivity index (χ2n) is 6.94. The Morgan fingerprint density at radius 3 is 2.64 bits per heavy atom. The Labute approximate surface area is 186 Å². The molecule has 1 aliphatic heterocycles. The molecular formula is C18H31F3IN5S. The van der Waals surface area contributed by atoms with E-state index in [1.165, 1.54) is 17.5 Å². The fraction of sp³-hybridized carbons (Fsp3) is 0.722. The van der Waals surface area contributed by atoms with Crippen molar-refractivity contribution >= 4 is 41.3 Å².